The van der Waals surface area contributed by atoms with Gasteiger partial charge in [0, 0.05) is 6.54 Å². The number of rotatable bonds is 4. The van der Waals surface area contributed by atoms with Gasteiger partial charge in [0.15, 0.2) is 0 Å². The van der Waals surface area contributed by atoms with E-state index in [0.29, 0.717) is 6.61 Å². The third-order valence-electron chi connectivity index (χ3n) is 3.09. The normalized spacial score (nSPS) is 19.2. The summed E-state index contributed by atoms with van der Waals surface area (Å²) in [6.07, 6.45) is 5.49. The monoisotopic (exact) mass is 363 g/mol. The van der Waals surface area contributed by atoms with Gasteiger partial charge in [-0.15, -0.1) is 0 Å². The summed E-state index contributed by atoms with van der Waals surface area (Å²) in [5.41, 5.74) is 0. The van der Waals surface area contributed by atoms with Crippen LogP contribution in [0, 0.1) is 3.70 Å². The summed E-state index contributed by atoms with van der Waals surface area (Å²) in [7, 11) is 0. The maximum absolute atomic E-state index is 12.0. The summed E-state index contributed by atoms with van der Waals surface area (Å²) in [5, 5.41) is 0. The van der Waals surface area contributed by atoms with Crippen molar-refractivity contribution >= 4 is 28.7 Å². The van der Waals surface area contributed by atoms with Crippen LogP contribution in [-0.2, 0) is 4.74 Å². The minimum atomic E-state index is -0.211. The number of ether oxygens (including phenoxy) is 1. The first kappa shape index (κ1) is 13.6. The lowest BCUT2D eigenvalue weighted by Crippen LogP contribution is -2.31. The quantitative estimate of drug-likeness (QED) is 0.661. The van der Waals surface area contributed by atoms with Crippen LogP contribution >= 0.6 is 22.6 Å². The zero-order valence-corrected chi connectivity index (χ0v) is 12.6. The highest BCUT2D eigenvalue weighted by Crippen LogP contribution is 2.30. The molecular weight excluding hydrogens is 345 g/mol. The predicted molar refractivity (Wildman–Crippen MR) is 76.2 cm³/mol. The standard InChI is InChI=1S/C12H18IN3O2/c1-2-3-7-18-12(17)16-6-4-5-9(16)11-14-8-10(13)15-11/h8-9H,2-7H2,1H3,(H,14,15). The Balaban J connectivity index is 1.97. The molecule has 100 valence electrons. The molecule has 0 radical (unpaired) electrons. The summed E-state index contributed by atoms with van der Waals surface area (Å²) in [6, 6.07) is 0.0441. The first-order chi connectivity index (χ1) is 8.72. The van der Waals surface area contributed by atoms with Crippen molar-refractivity contribution in [1.29, 1.82) is 0 Å². The minimum Gasteiger partial charge on any atom is -0.449 e. The third-order valence-corrected chi connectivity index (χ3v) is 3.64. The molecule has 1 saturated heterocycles. The van der Waals surface area contributed by atoms with Crippen molar-refractivity contribution in [2.24, 2.45) is 0 Å². The molecule has 1 aliphatic heterocycles. The molecule has 6 heteroatoms. The average Bonchev–Trinajstić information content (AvgIpc) is 2.97. The minimum absolute atomic E-state index is 0.0441. The van der Waals surface area contributed by atoms with E-state index in [2.05, 4.69) is 39.5 Å². The Kier molecular flexibility index (Phi) is 4.85. The highest BCUT2D eigenvalue weighted by molar-refractivity contribution is 14.1. The summed E-state index contributed by atoms with van der Waals surface area (Å²) in [5.74, 6) is 0.865. The number of carbonyl (C=O) groups excluding carboxylic acids is 1. The first-order valence-electron chi connectivity index (χ1n) is 6.36. The number of H-pyrrole nitrogens is 1. The average molecular weight is 363 g/mol. The number of amides is 1. The molecular formula is C12H18IN3O2. The van der Waals surface area contributed by atoms with Crippen LogP contribution in [0.4, 0.5) is 4.79 Å². The Bertz CT molecular complexity index is 408. The molecule has 2 heterocycles. The van der Waals surface area contributed by atoms with Gasteiger partial charge >= 0.3 is 6.09 Å². The molecule has 2 rings (SSSR count). The number of aromatic nitrogens is 2. The molecule has 0 aliphatic carbocycles. The highest BCUT2D eigenvalue weighted by atomic mass is 127. The lowest BCUT2D eigenvalue weighted by atomic mass is 10.2. The molecule has 1 amide bonds. The fourth-order valence-corrected chi connectivity index (χ4v) is 2.55. The Morgan fingerprint density at radius 3 is 3.22 bits per heavy atom. The molecule has 1 N–H and O–H groups in total. The Labute approximate surface area is 120 Å². The van der Waals surface area contributed by atoms with Crippen LogP contribution in [0.25, 0.3) is 0 Å². The number of hydrogen-bond acceptors (Lipinski definition) is 3. The van der Waals surface area contributed by atoms with E-state index in [-0.39, 0.29) is 12.1 Å². The molecule has 18 heavy (non-hydrogen) atoms. The van der Waals surface area contributed by atoms with Crippen LogP contribution in [0.5, 0.6) is 0 Å². The van der Waals surface area contributed by atoms with Gasteiger partial charge in [0.2, 0.25) is 0 Å². The number of halogens is 1. The number of unbranched alkanes of at least 4 members (excludes halogenated alkanes) is 1. The zero-order chi connectivity index (χ0) is 13.0. The predicted octanol–water partition coefficient (Wildman–Crippen LogP) is 3.09. The summed E-state index contributed by atoms with van der Waals surface area (Å²) in [4.78, 5) is 21.3. The molecule has 1 aromatic rings. The Morgan fingerprint density at radius 2 is 2.56 bits per heavy atom. The van der Waals surface area contributed by atoms with E-state index < -0.39 is 0 Å². The van der Waals surface area contributed by atoms with Gasteiger partial charge in [0.05, 0.1) is 22.5 Å². The second-order valence-corrected chi connectivity index (χ2v) is 5.60. The van der Waals surface area contributed by atoms with Gasteiger partial charge in [-0.1, -0.05) is 13.3 Å². The molecule has 1 aliphatic rings. The molecule has 0 saturated carbocycles. The van der Waals surface area contributed by atoms with E-state index in [1.54, 1.807) is 11.1 Å². The number of hydrogen-bond donors (Lipinski definition) is 1. The zero-order valence-electron chi connectivity index (χ0n) is 10.5. The summed E-state index contributed by atoms with van der Waals surface area (Å²) >= 11 is 2.19. The molecule has 5 nitrogen and oxygen atoms in total. The number of nitrogens with one attached hydrogen (secondary N) is 1. The Morgan fingerprint density at radius 1 is 1.72 bits per heavy atom. The SMILES string of the molecule is CCCCOC(=O)N1CCCC1c1ncc(I)[nH]1. The van der Waals surface area contributed by atoms with E-state index in [1.807, 2.05) is 0 Å². The van der Waals surface area contributed by atoms with Crippen molar-refractivity contribution in [2.75, 3.05) is 13.2 Å². The van der Waals surface area contributed by atoms with Gasteiger partial charge < -0.3 is 9.72 Å². The van der Waals surface area contributed by atoms with Gasteiger partial charge in [-0.3, -0.25) is 4.90 Å². The molecule has 1 atom stereocenters. The molecule has 0 spiro atoms. The maximum atomic E-state index is 12.0. The molecule has 1 unspecified atom stereocenters. The second kappa shape index (κ2) is 6.40. The Hall–Kier alpha value is -0.790. The van der Waals surface area contributed by atoms with E-state index in [1.165, 1.54) is 0 Å². The second-order valence-electron chi connectivity index (χ2n) is 4.44. The van der Waals surface area contributed by atoms with E-state index in [9.17, 15) is 4.79 Å². The van der Waals surface area contributed by atoms with E-state index in [0.717, 1.165) is 41.8 Å². The molecule has 0 bridgehead atoms. The molecule has 1 fully saturated rings. The van der Waals surface area contributed by atoms with Crippen LogP contribution in [0.1, 0.15) is 44.5 Å². The number of likely N-dealkylation sites (tertiary alicyclic amines) is 1. The lowest BCUT2D eigenvalue weighted by Gasteiger charge is -2.22. The first-order valence-corrected chi connectivity index (χ1v) is 7.44. The molecule has 1 aromatic heterocycles. The van der Waals surface area contributed by atoms with Crippen LogP contribution < -0.4 is 0 Å². The highest BCUT2D eigenvalue weighted by Gasteiger charge is 2.32. The van der Waals surface area contributed by atoms with Gasteiger partial charge in [-0.25, -0.2) is 9.78 Å². The van der Waals surface area contributed by atoms with Gasteiger partial charge in [0.1, 0.15) is 5.82 Å². The number of carbonyl (C=O) groups is 1. The number of aromatic amines is 1. The van der Waals surface area contributed by atoms with Gasteiger partial charge in [-0.05, 0) is 41.9 Å². The van der Waals surface area contributed by atoms with E-state index in [4.69, 9.17) is 4.74 Å². The van der Waals surface area contributed by atoms with E-state index >= 15 is 0 Å². The third kappa shape index (κ3) is 3.15. The van der Waals surface area contributed by atoms with Crippen molar-refractivity contribution in [3.63, 3.8) is 0 Å². The van der Waals surface area contributed by atoms with Crippen molar-refractivity contribution in [1.82, 2.24) is 14.9 Å². The summed E-state index contributed by atoms with van der Waals surface area (Å²) < 4.78 is 6.26. The van der Waals surface area contributed by atoms with Crippen LogP contribution in [0.2, 0.25) is 0 Å². The van der Waals surface area contributed by atoms with Gasteiger partial charge in [0.25, 0.3) is 0 Å². The lowest BCUT2D eigenvalue weighted by molar-refractivity contribution is 0.0957. The van der Waals surface area contributed by atoms with Crippen LogP contribution in [0.3, 0.4) is 0 Å². The number of imidazole rings is 1. The topological polar surface area (TPSA) is 58.2 Å². The van der Waals surface area contributed by atoms with Crippen molar-refractivity contribution in [3.05, 3.63) is 15.7 Å². The fourth-order valence-electron chi connectivity index (χ4n) is 2.14. The van der Waals surface area contributed by atoms with Crippen molar-refractivity contribution in [3.8, 4) is 0 Å². The fraction of sp³-hybridized carbons (Fsp3) is 0.667. The van der Waals surface area contributed by atoms with Crippen LogP contribution in [-0.4, -0.2) is 34.1 Å². The number of nitrogens with zero attached hydrogens (tertiary/aromatic N) is 2. The summed E-state index contributed by atoms with van der Waals surface area (Å²) in [6.45, 7) is 3.35. The van der Waals surface area contributed by atoms with Crippen molar-refractivity contribution in [2.45, 2.75) is 38.6 Å². The van der Waals surface area contributed by atoms with Crippen LogP contribution in [0.15, 0.2) is 6.20 Å². The maximum Gasteiger partial charge on any atom is 0.410 e. The largest absolute Gasteiger partial charge is 0.449 e. The van der Waals surface area contributed by atoms with Gasteiger partial charge in [-0.2, -0.15) is 0 Å². The molecule has 0 aromatic carbocycles. The smallest absolute Gasteiger partial charge is 0.410 e. The van der Waals surface area contributed by atoms with Crippen molar-refractivity contribution < 1.29 is 9.53 Å².